The van der Waals surface area contributed by atoms with Gasteiger partial charge in [-0.15, -0.1) is 6.42 Å². The fourth-order valence-corrected chi connectivity index (χ4v) is 5.59. The third-order valence-electron chi connectivity index (χ3n) is 5.90. The molecule has 3 aliphatic carbocycles. The summed E-state index contributed by atoms with van der Waals surface area (Å²) in [4.78, 5) is 0.226. The first kappa shape index (κ1) is 19.0. The van der Waals surface area contributed by atoms with Crippen molar-refractivity contribution in [2.24, 2.45) is 17.3 Å². The van der Waals surface area contributed by atoms with Crippen molar-refractivity contribution in [1.82, 2.24) is 4.72 Å². The predicted molar refractivity (Wildman–Crippen MR) is 103 cm³/mol. The Morgan fingerprint density at radius 3 is 2.58 bits per heavy atom. The molecule has 0 aliphatic heterocycles. The van der Waals surface area contributed by atoms with Crippen LogP contribution in [0.4, 0.5) is 0 Å². The number of benzene rings is 1. The second-order valence-corrected chi connectivity index (χ2v) is 9.29. The van der Waals surface area contributed by atoms with Crippen LogP contribution in [0.1, 0.15) is 44.6 Å². The zero-order valence-corrected chi connectivity index (χ0v) is 16.2. The molecule has 4 atom stereocenters. The van der Waals surface area contributed by atoms with Gasteiger partial charge in [-0.2, -0.15) is 0 Å². The first-order valence-electron chi connectivity index (χ1n) is 9.30. The lowest BCUT2D eigenvalue weighted by molar-refractivity contribution is 0.0482. The molecule has 0 spiro atoms. The van der Waals surface area contributed by atoms with E-state index < -0.39 is 21.5 Å². The maximum Gasteiger partial charge on any atom is 0.261 e. The van der Waals surface area contributed by atoms with Gasteiger partial charge in [0, 0.05) is 11.6 Å². The Labute approximate surface area is 156 Å². The quantitative estimate of drug-likeness (QED) is 0.778. The Hall–Kier alpha value is -1.77. The maximum atomic E-state index is 13.0. The zero-order valence-electron chi connectivity index (χ0n) is 15.4. The van der Waals surface area contributed by atoms with Crippen molar-refractivity contribution in [3.8, 4) is 12.3 Å². The number of allylic oxidation sites excluding steroid dienone is 1. The summed E-state index contributed by atoms with van der Waals surface area (Å²) in [7, 11) is -3.72. The van der Waals surface area contributed by atoms with E-state index in [-0.39, 0.29) is 16.7 Å². The zero-order chi connectivity index (χ0) is 18.9. The Balaban J connectivity index is 2.03. The molecule has 0 aromatic heterocycles. The minimum Gasteiger partial charge on any atom is -0.393 e. The minimum absolute atomic E-state index is 0.0472. The molecule has 0 saturated heterocycles. The highest BCUT2D eigenvalue weighted by Crippen LogP contribution is 2.51. The largest absolute Gasteiger partial charge is 0.393 e. The summed E-state index contributed by atoms with van der Waals surface area (Å²) < 4.78 is 28.7. The van der Waals surface area contributed by atoms with E-state index in [1.54, 1.807) is 24.3 Å². The fourth-order valence-electron chi connectivity index (χ4n) is 4.44. The molecule has 1 fully saturated rings. The summed E-state index contributed by atoms with van der Waals surface area (Å²) in [6.45, 7) is 3.97. The highest BCUT2D eigenvalue weighted by molar-refractivity contribution is 7.89. The molecule has 4 rings (SSSR count). The number of aliphatic hydroxyl groups is 1. The molecule has 1 aromatic rings. The minimum atomic E-state index is -3.72. The number of hydrogen-bond donors (Lipinski definition) is 2. The lowest BCUT2D eigenvalue weighted by Crippen LogP contribution is -2.40. The van der Waals surface area contributed by atoms with E-state index in [0.29, 0.717) is 18.5 Å². The number of terminal acetylenes is 1. The molecule has 0 amide bonds. The van der Waals surface area contributed by atoms with Crippen molar-refractivity contribution in [1.29, 1.82) is 0 Å². The van der Waals surface area contributed by atoms with E-state index >= 15 is 0 Å². The molecule has 0 heterocycles. The number of rotatable bonds is 5. The van der Waals surface area contributed by atoms with Gasteiger partial charge in [0.1, 0.15) is 0 Å². The third kappa shape index (κ3) is 3.28. The van der Waals surface area contributed by atoms with Gasteiger partial charge in [0.2, 0.25) is 0 Å². The van der Waals surface area contributed by atoms with Gasteiger partial charge in [-0.3, -0.25) is 4.72 Å². The van der Waals surface area contributed by atoms with Crippen molar-refractivity contribution in [2.75, 3.05) is 0 Å². The standard InChI is InChI=1S/C21H27NO3S/c1-4-12-21(5-2)17-9-8-16(19(23)14-17)13-20(21)22-26(24,25)18-10-6-15(3)7-11-18/h2,6-7,10-11,13,16-17,19,22-23H,4,8-9,12,14H2,1,3H3/t16-,17-,19-,21+/m1/s1. The van der Waals surface area contributed by atoms with Gasteiger partial charge in [0.25, 0.3) is 10.0 Å². The summed E-state index contributed by atoms with van der Waals surface area (Å²) in [6, 6.07) is 6.78. The summed E-state index contributed by atoms with van der Waals surface area (Å²) >= 11 is 0. The van der Waals surface area contributed by atoms with E-state index in [1.165, 1.54) is 0 Å². The summed E-state index contributed by atoms with van der Waals surface area (Å²) in [6.07, 6.45) is 11.4. The van der Waals surface area contributed by atoms with Crippen LogP contribution in [0.5, 0.6) is 0 Å². The highest BCUT2D eigenvalue weighted by atomic mass is 32.2. The summed E-state index contributed by atoms with van der Waals surface area (Å²) in [5.41, 5.74) is 0.910. The van der Waals surface area contributed by atoms with Gasteiger partial charge >= 0.3 is 0 Å². The van der Waals surface area contributed by atoms with Crippen molar-refractivity contribution in [3.05, 3.63) is 41.6 Å². The number of nitrogens with one attached hydrogen (secondary N) is 1. The van der Waals surface area contributed by atoms with Crippen LogP contribution < -0.4 is 4.72 Å². The maximum absolute atomic E-state index is 13.0. The van der Waals surface area contributed by atoms with E-state index in [2.05, 4.69) is 17.6 Å². The molecule has 140 valence electrons. The van der Waals surface area contributed by atoms with E-state index in [4.69, 9.17) is 6.42 Å². The topological polar surface area (TPSA) is 66.4 Å². The van der Waals surface area contributed by atoms with Crippen LogP contribution in [-0.2, 0) is 10.0 Å². The normalized spacial score (nSPS) is 31.0. The molecule has 0 radical (unpaired) electrons. The van der Waals surface area contributed by atoms with Crippen LogP contribution in [-0.4, -0.2) is 19.6 Å². The molecule has 3 aliphatic rings. The molecular formula is C21H27NO3S. The first-order valence-corrected chi connectivity index (χ1v) is 10.8. The summed E-state index contributed by atoms with van der Waals surface area (Å²) in [5, 5.41) is 10.4. The van der Waals surface area contributed by atoms with Crippen molar-refractivity contribution < 1.29 is 13.5 Å². The smallest absolute Gasteiger partial charge is 0.261 e. The van der Waals surface area contributed by atoms with Crippen LogP contribution >= 0.6 is 0 Å². The van der Waals surface area contributed by atoms with E-state index in [0.717, 1.165) is 24.8 Å². The Bertz CT molecular complexity index is 835. The molecular weight excluding hydrogens is 346 g/mol. The van der Waals surface area contributed by atoms with Gasteiger partial charge in [0.05, 0.1) is 16.4 Å². The lowest BCUT2D eigenvalue weighted by Gasteiger charge is -2.39. The molecule has 1 saturated carbocycles. The molecule has 5 heteroatoms. The number of aliphatic hydroxyl groups excluding tert-OH is 1. The van der Waals surface area contributed by atoms with E-state index in [1.807, 2.05) is 13.0 Å². The predicted octanol–water partition coefficient (Wildman–Crippen LogP) is 3.37. The number of hydrogen-bond acceptors (Lipinski definition) is 3. The number of aryl methyl sites for hydroxylation is 1. The first-order chi connectivity index (χ1) is 12.3. The number of sulfonamides is 1. The average molecular weight is 374 g/mol. The Morgan fingerprint density at radius 1 is 1.31 bits per heavy atom. The molecule has 4 nitrogen and oxygen atoms in total. The second kappa shape index (κ2) is 7.09. The van der Waals surface area contributed by atoms with Gasteiger partial charge in [0.15, 0.2) is 0 Å². The lowest BCUT2D eigenvalue weighted by atomic mass is 9.66. The molecule has 26 heavy (non-hydrogen) atoms. The summed E-state index contributed by atoms with van der Waals surface area (Å²) in [5.74, 6) is 2.98. The fraction of sp³-hybridized carbons (Fsp3) is 0.524. The molecule has 2 bridgehead atoms. The van der Waals surface area contributed by atoms with Crippen LogP contribution in [0, 0.1) is 36.5 Å². The monoisotopic (exact) mass is 373 g/mol. The average Bonchev–Trinajstić information content (AvgIpc) is 2.80. The Morgan fingerprint density at radius 2 is 2.00 bits per heavy atom. The van der Waals surface area contributed by atoms with Crippen molar-refractivity contribution in [3.63, 3.8) is 0 Å². The van der Waals surface area contributed by atoms with Crippen molar-refractivity contribution in [2.45, 2.75) is 57.0 Å². The van der Waals surface area contributed by atoms with Crippen LogP contribution in [0.15, 0.2) is 40.9 Å². The van der Waals surface area contributed by atoms with Crippen molar-refractivity contribution >= 4 is 10.0 Å². The van der Waals surface area contributed by atoms with Gasteiger partial charge < -0.3 is 5.11 Å². The van der Waals surface area contributed by atoms with Crippen LogP contribution in [0.25, 0.3) is 0 Å². The highest BCUT2D eigenvalue weighted by Gasteiger charge is 2.48. The van der Waals surface area contributed by atoms with Crippen LogP contribution in [0.3, 0.4) is 0 Å². The van der Waals surface area contributed by atoms with E-state index in [9.17, 15) is 13.5 Å². The van der Waals surface area contributed by atoms with Gasteiger partial charge in [-0.05, 0) is 50.7 Å². The number of fused-ring (bicyclic) bond motifs is 3. The second-order valence-electron chi connectivity index (χ2n) is 7.61. The molecule has 0 unspecified atom stereocenters. The van der Waals surface area contributed by atoms with Gasteiger partial charge in [-0.25, -0.2) is 8.42 Å². The molecule has 1 aromatic carbocycles. The molecule has 2 N–H and O–H groups in total. The third-order valence-corrected chi connectivity index (χ3v) is 7.29. The Kier molecular flexibility index (Phi) is 5.18. The van der Waals surface area contributed by atoms with Crippen LogP contribution in [0.2, 0.25) is 0 Å². The van der Waals surface area contributed by atoms with Gasteiger partial charge in [-0.1, -0.05) is 43.0 Å². The SMILES string of the molecule is C#C[C@@]1(CCC)C(NS(=O)(=O)c2ccc(C)cc2)=C[C@H]2CC[C@@H]1C[C@H]2O.